The minimum absolute atomic E-state index is 0.105. The van der Waals surface area contributed by atoms with Gasteiger partial charge in [-0.05, 0) is 54.5 Å². The number of nitrogens with one attached hydrogen (secondary N) is 2. The molecule has 41 heavy (non-hydrogen) atoms. The lowest BCUT2D eigenvalue weighted by molar-refractivity contribution is -0.136. The molecule has 9 nitrogen and oxygen atoms in total. The second kappa shape index (κ2) is 13.6. The average Bonchev–Trinajstić information content (AvgIpc) is 3.27. The van der Waals surface area contributed by atoms with E-state index in [4.69, 9.17) is 21.1 Å². The minimum atomic E-state index is -0.228. The van der Waals surface area contributed by atoms with Gasteiger partial charge < -0.3 is 14.8 Å². The first-order valence-corrected chi connectivity index (χ1v) is 14.7. The molecule has 1 aliphatic carbocycles. The van der Waals surface area contributed by atoms with E-state index in [1.165, 1.54) is 0 Å². The zero-order valence-electron chi connectivity index (χ0n) is 23.1. The van der Waals surface area contributed by atoms with Gasteiger partial charge in [0.1, 0.15) is 12.4 Å². The second-order valence-corrected chi connectivity index (χ2v) is 11.4. The Hall–Kier alpha value is -3.27. The van der Waals surface area contributed by atoms with Gasteiger partial charge in [0, 0.05) is 50.0 Å². The number of carbonyl (C=O) groups is 4. The number of halogens is 1. The lowest BCUT2D eigenvalue weighted by Gasteiger charge is -2.26. The number of ketones is 1. The summed E-state index contributed by atoms with van der Waals surface area (Å²) in [4.78, 5) is 51.3. The number of benzene rings is 2. The van der Waals surface area contributed by atoms with Gasteiger partial charge in [0.25, 0.3) is 0 Å². The fourth-order valence-electron chi connectivity index (χ4n) is 5.72. The van der Waals surface area contributed by atoms with Gasteiger partial charge in [-0.3, -0.25) is 29.4 Å². The van der Waals surface area contributed by atoms with E-state index >= 15 is 0 Å². The first-order valence-electron chi connectivity index (χ1n) is 14.3. The Kier molecular flexibility index (Phi) is 9.69. The van der Waals surface area contributed by atoms with Gasteiger partial charge in [0.05, 0.1) is 24.7 Å². The van der Waals surface area contributed by atoms with Crippen molar-refractivity contribution in [3.05, 3.63) is 63.7 Å². The molecule has 0 radical (unpaired) electrons. The summed E-state index contributed by atoms with van der Waals surface area (Å²) < 4.78 is 11.2. The Labute approximate surface area is 244 Å². The number of Topliss-reactive ketones (excluding diaryl/α,β-unsaturated/α-hetero) is 1. The van der Waals surface area contributed by atoms with E-state index in [2.05, 4.69) is 15.5 Å². The summed E-state index contributed by atoms with van der Waals surface area (Å²) in [5.41, 5.74) is 3.42. The molecule has 10 heteroatoms. The van der Waals surface area contributed by atoms with Crippen molar-refractivity contribution in [1.29, 1.82) is 0 Å². The maximum Gasteiger partial charge on any atom is 0.229 e. The Bertz CT molecular complexity index is 1310. The summed E-state index contributed by atoms with van der Waals surface area (Å²) in [6, 6.07) is 11.1. The van der Waals surface area contributed by atoms with E-state index in [1.807, 2.05) is 24.3 Å². The SMILES string of the molecule is O=C(Cc1ccc(OCCN2CCOCC2)c(Cl)c1)NCc1ccc2c(c1)CC(CCC1CCC(=O)NC1=O)C2=O. The fourth-order valence-corrected chi connectivity index (χ4v) is 5.98. The number of rotatable bonds is 11. The third-order valence-electron chi connectivity index (χ3n) is 8.11. The van der Waals surface area contributed by atoms with Crippen LogP contribution in [0.4, 0.5) is 0 Å². The van der Waals surface area contributed by atoms with Crippen molar-refractivity contribution in [3.8, 4) is 5.75 Å². The molecule has 2 aliphatic heterocycles. The van der Waals surface area contributed by atoms with Crippen LogP contribution in [-0.4, -0.2) is 67.9 Å². The number of nitrogens with zero attached hydrogens (tertiary/aromatic N) is 1. The van der Waals surface area contributed by atoms with E-state index in [0.717, 1.165) is 55.1 Å². The molecule has 2 saturated heterocycles. The summed E-state index contributed by atoms with van der Waals surface area (Å²) in [6.45, 7) is 5.01. The van der Waals surface area contributed by atoms with Gasteiger partial charge in [0.15, 0.2) is 5.78 Å². The molecule has 2 heterocycles. The van der Waals surface area contributed by atoms with Crippen LogP contribution < -0.4 is 15.4 Å². The highest BCUT2D eigenvalue weighted by Crippen LogP contribution is 2.32. The number of imide groups is 1. The Morgan fingerprint density at radius 1 is 1.05 bits per heavy atom. The first kappa shape index (κ1) is 29.2. The highest BCUT2D eigenvalue weighted by molar-refractivity contribution is 6.32. The molecule has 2 aromatic carbocycles. The molecular formula is C31H36ClN3O6. The lowest BCUT2D eigenvalue weighted by Crippen LogP contribution is -2.40. The van der Waals surface area contributed by atoms with Crippen molar-refractivity contribution < 1.29 is 28.7 Å². The zero-order chi connectivity index (χ0) is 28.8. The molecule has 5 rings (SSSR count). The van der Waals surface area contributed by atoms with E-state index < -0.39 is 0 Å². The highest BCUT2D eigenvalue weighted by Gasteiger charge is 2.33. The van der Waals surface area contributed by atoms with Crippen molar-refractivity contribution in [2.75, 3.05) is 39.5 Å². The molecule has 2 fully saturated rings. The quantitative estimate of drug-likeness (QED) is 0.392. The molecule has 2 unspecified atom stereocenters. The van der Waals surface area contributed by atoms with Crippen LogP contribution in [0, 0.1) is 11.8 Å². The molecule has 0 aromatic heterocycles. The number of amides is 3. The van der Waals surface area contributed by atoms with Crippen molar-refractivity contribution >= 4 is 35.1 Å². The fraction of sp³-hybridized carbons (Fsp3) is 0.484. The van der Waals surface area contributed by atoms with Gasteiger partial charge in [-0.2, -0.15) is 0 Å². The molecule has 0 saturated carbocycles. The van der Waals surface area contributed by atoms with Gasteiger partial charge in [-0.1, -0.05) is 35.9 Å². The number of carbonyl (C=O) groups excluding carboxylic acids is 4. The summed E-state index contributed by atoms with van der Waals surface area (Å²) in [5, 5.41) is 5.82. The number of piperidine rings is 1. The normalized spacial score (nSPS) is 21.0. The third-order valence-corrected chi connectivity index (χ3v) is 8.40. The third kappa shape index (κ3) is 7.72. The predicted molar refractivity (Wildman–Crippen MR) is 153 cm³/mol. The summed E-state index contributed by atoms with van der Waals surface area (Å²) in [6.07, 6.45) is 2.93. The van der Waals surface area contributed by atoms with Crippen molar-refractivity contribution in [2.24, 2.45) is 11.8 Å². The van der Waals surface area contributed by atoms with Gasteiger partial charge >= 0.3 is 0 Å². The van der Waals surface area contributed by atoms with Crippen LogP contribution in [0.1, 0.15) is 52.7 Å². The smallest absolute Gasteiger partial charge is 0.229 e. The number of hydrogen-bond donors (Lipinski definition) is 2. The lowest BCUT2D eigenvalue weighted by atomic mass is 9.88. The van der Waals surface area contributed by atoms with Crippen LogP contribution in [0.5, 0.6) is 5.75 Å². The van der Waals surface area contributed by atoms with E-state index in [-0.39, 0.29) is 41.8 Å². The summed E-state index contributed by atoms with van der Waals surface area (Å²) in [7, 11) is 0. The van der Waals surface area contributed by atoms with Crippen molar-refractivity contribution in [1.82, 2.24) is 15.5 Å². The standard InChI is InChI=1S/C31H36ClN3O6/c32-26-16-20(2-7-27(26)41-14-11-35-9-12-40-13-10-35)17-29(37)33-19-21-1-6-25-24(15-21)18-23(30(25)38)4-3-22-5-8-28(36)34-31(22)39/h1-2,6-7,15-16,22-23H,3-5,8-14,17-19H2,(H,33,37)(H,34,36,39). The monoisotopic (exact) mass is 581 g/mol. The maximum absolute atomic E-state index is 12.9. The van der Waals surface area contributed by atoms with Gasteiger partial charge in [-0.25, -0.2) is 0 Å². The highest BCUT2D eigenvalue weighted by atomic mass is 35.5. The average molecular weight is 582 g/mol. The van der Waals surface area contributed by atoms with Gasteiger partial charge in [0.2, 0.25) is 17.7 Å². The van der Waals surface area contributed by atoms with Gasteiger partial charge in [-0.15, -0.1) is 0 Å². The van der Waals surface area contributed by atoms with Crippen molar-refractivity contribution in [3.63, 3.8) is 0 Å². The predicted octanol–water partition coefficient (Wildman–Crippen LogP) is 3.10. The molecule has 3 aliphatic rings. The summed E-state index contributed by atoms with van der Waals surface area (Å²) >= 11 is 6.41. The molecular weight excluding hydrogens is 546 g/mol. The topological polar surface area (TPSA) is 114 Å². The Morgan fingerprint density at radius 3 is 2.61 bits per heavy atom. The number of fused-ring (bicyclic) bond motifs is 1. The van der Waals surface area contributed by atoms with Crippen LogP contribution in [0.25, 0.3) is 0 Å². The maximum atomic E-state index is 12.9. The summed E-state index contributed by atoms with van der Waals surface area (Å²) in [5.74, 6) is -0.239. The number of morpholine rings is 1. The van der Waals surface area contributed by atoms with E-state index in [9.17, 15) is 19.2 Å². The second-order valence-electron chi connectivity index (χ2n) is 11.0. The van der Waals surface area contributed by atoms with Crippen LogP contribution >= 0.6 is 11.6 Å². The molecule has 2 atom stereocenters. The zero-order valence-corrected chi connectivity index (χ0v) is 23.8. The number of hydrogen-bond acceptors (Lipinski definition) is 7. The Morgan fingerprint density at radius 2 is 1.83 bits per heavy atom. The molecule has 3 amide bonds. The molecule has 2 N–H and O–H groups in total. The first-order chi connectivity index (χ1) is 19.9. The van der Waals surface area contributed by atoms with E-state index in [1.54, 1.807) is 12.1 Å². The van der Waals surface area contributed by atoms with Crippen LogP contribution in [0.2, 0.25) is 5.02 Å². The minimum Gasteiger partial charge on any atom is -0.491 e. The molecule has 2 aromatic rings. The number of ether oxygens (including phenoxy) is 2. The van der Waals surface area contributed by atoms with Crippen LogP contribution in [-0.2, 0) is 38.5 Å². The Balaban J connectivity index is 1.06. The van der Waals surface area contributed by atoms with Crippen molar-refractivity contribution in [2.45, 2.75) is 45.1 Å². The molecule has 0 bridgehead atoms. The molecule has 0 spiro atoms. The van der Waals surface area contributed by atoms with E-state index in [0.29, 0.717) is 56.0 Å². The molecule has 218 valence electrons. The van der Waals surface area contributed by atoms with Crippen LogP contribution in [0.15, 0.2) is 36.4 Å². The largest absolute Gasteiger partial charge is 0.491 e. The van der Waals surface area contributed by atoms with Crippen LogP contribution in [0.3, 0.4) is 0 Å².